The van der Waals surface area contributed by atoms with E-state index in [0.29, 0.717) is 18.7 Å². The Bertz CT molecular complexity index is 263. The molecule has 0 unspecified atom stereocenters. The highest BCUT2D eigenvalue weighted by molar-refractivity contribution is 5.42. The minimum absolute atomic E-state index is 0.229. The zero-order chi connectivity index (χ0) is 8.97. The summed E-state index contributed by atoms with van der Waals surface area (Å²) in [7, 11) is 0. The normalized spacial score (nSPS) is 9.83. The monoisotopic (exact) mass is 168 g/mol. The number of rotatable bonds is 3. The van der Waals surface area contributed by atoms with Gasteiger partial charge in [0, 0.05) is 11.8 Å². The van der Waals surface area contributed by atoms with E-state index in [1.54, 1.807) is 6.07 Å². The Hall–Kier alpha value is -1.25. The summed E-state index contributed by atoms with van der Waals surface area (Å²) >= 11 is 0. The number of hydrogen-bond donors (Lipinski definition) is 1. The van der Waals surface area contributed by atoms with Gasteiger partial charge in [0.15, 0.2) is 11.6 Å². The quantitative estimate of drug-likeness (QED) is 0.700. The van der Waals surface area contributed by atoms with E-state index in [0.717, 1.165) is 0 Å². The Morgan fingerprint density at radius 3 is 2.83 bits per heavy atom. The number of anilines is 1. The second-order valence-electron chi connectivity index (χ2n) is 2.39. The van der Waals surface area contributed by atoms with Crippen LogP contribution in [0.3, 0.4) is 0 Å². The van der Waals surface area contributed by atoms with Crippen molar-refractivity contribution in [3.63, 3.8) is 0 Å². The minimum atomic E-state index is -0.427. The van der Waals surface area contributed by atoms with Crippen LogP contribution in [0.4, 0.5) is 10.1 Å². The molecule has 3 heteroatoms. The van der Waals surface area contributed by atoms with E-state index in [2.05, 4.69) is 6.92 Å². The van der Waals surface area contributed by atoms with Crippen molar-refractivity contribution in [1.29, 1.82) is 0 Å². The number of benzene rings is 1. The summed E-state index contributed by atoms with van der Waals surface area (Å²) in [6.45, 7) is 3.99. The number of nitrogens with two attached hydrogens (primary N) is 1. The highest BCUT2D eigenvalue weighted by atomic mass is 19.1. The molecule has 1 aromatic rings. The molecule has 0 aromatic heterocycles. The van der Waals surface area contributed by atoms with Crippen molar-refractivity contribution in [2.45, 2.75) is 6.42 Å². The molecule has 0 spiro atoms. The van der Waals surface area contributed by atoms with Crippen LogP contribution in [0.1, 0.15) is 6.42 Å². The molecule has 0 aliphatic heterocycles. The molecule has 0 amide bonds. The van der Waals surface area contributed by atoms with Gasteiger partial charge in [0.25, 0.3) is 0 Å². The summed E-state index contributed by atoms with van der Waals surface area (Å²) in [6.07, 6.45) is 0.615. The lowest BCUT2D eigenvalue weighted by Gasteiger charge is -2.05. The van der Waals surface area contributed by atoms with E-state index in [1.807, 2.05) is 0 Å². The van der Waals surface area contributed by atoms with Gasteiger partial charge in [0.05, 0.1) is 6.61 Å². The molecule has 2 N–H and O–H groups in total. The molecule has 0 saturated heterocycles. The Balaban J connectivity index is 2.72. The zero-order valence-electron chi connectivity index (χ0n) is 6.72. The summed E-state index contributed by atoms with van der Waals surface area (Å²) in [4.78, 5) is 0. The van der Waals surface area contributed by atoms with Gasteiger partial charge in [-0.1, -0.05) is 0 Å². The van der Waals surface area contributed by atoms with Gasteiger partial charge in [-0.15, -0.1) is 0 Å². The van der Waals surface area contributed by atoms with Crippen LogP contribution in [0.15, 0.2) is 18.2 Å². The van der Waals surface area contributed by atoms with Crippen LogP contribution < -0.4 is 10.5 Å². The molecule has 1 rings (SSSR count). The zero-order valence-corrected chi connectivity index (χ0v) is 6.72. The fourth-order valence-corrected chi connectivity index (χ4v) is 0.816. The SMILES string of the molecule is [CH2]CCOc1ccc(N)cc1F. The summed E-state index contributed by atoms with van der Waals surface area (Å²) in [5, 5.41) is 0. The molecule has 0 saturated carbocycles. The Morgan fingerprint density at radius 2 is 2.25 bits per heavy atom. The van der Waals surface area contributed by atoms with E-state index >= 15 is 0 Å². The third-order valence-corrected chi connectivity index (χ3v) is 1.36. The van der Waals surface area contributed by atoms with Gasteiger partial charge in [0.1, 0.15) is 0 Å². The topological polar surface area (TPSA) is 35.2 Å². The van der Waals surface area contributed by atoms with Crippen LogP contribution >= 0.6 is 0 Å². The summed E-state index contributed by atoms with van der Waals surface area (Å²) < 4.78 is 18.0. The van der Waals surface area contributed by atoms with Crippen LogP contribution in [0, 0.1) is 12.7 Å². The standard InChI is InChI=1S/C9H11FNO/c1-2-5-12-9-4-3-7(11)6-8(9)10/h3-4,6H,1-2,5,11H2. The Morgan fingerprint density at radius 1 is 1.50 bits per heavy atom. The van der Waals surface area contributed by atoms with Gasteiger partial charge in [-0.05, 0) is 25.5 Å². The van der Waals surface area contributed by atoms with E-state index in [1.165, 1.54) is 12.1 Å². The molecular weight excluding hydrogens is 157 g/mol. The summed E-state index contributed by atoms with van der Waals surface area (Å²) in [5.41, 5.74) is 5.75. The molecule has 2 nitrogen and oxygen atoms in total. The van der Waals surface area contributed by atoms with E-state index < -0.39 is 5.82 Å². The Labute approximate surface area is 71.1 Å². The average Bonchev–Trinajstić information content (AvgIpc) is 2.03. The van der Waals surface area contributed by atoms with Crippen molar-refractivity contribution < 1.29 is 9.13 Å². The fourth-order valence-electron chi connectivity index (χ4n) is 0.816. The first kappa shape index (κ1) is 8.84. The lowest BCUT2D eigenvalue weighted by atomic mass is 10.3. The molecule has 0 atom stereocenters. The molecule has 0 fully saturated rings. The van der Waals surface area contributed by atoms with Gasteiger partial charge < -0.3 is 10.5 Å². The fraction of sp³-hybridized carbons (Fsp3) is 0.222. The van der Waals surface area contributed by atoms with Crippen LogP contribution in [0.2, 0.25) is 0 Å². The van der Waals surface area contributed by atoms with Crippen LogP contribution in [-0.4, -0.2) is 6.61 Å². The molecule has 0 heterocycles. The predicted molar refractivity (Wildman–Crippen MR) is 46.3 cm³/mol. The number of nitrogen functional groups attached to an aromatic ring is 1. The maximum Gasteiger partial charge on any atom is 0.167 e. The maximum absolute atomic E-state index is 12.9. The summed E-state index contributed by atoms with van der Waals surface area (Å²) in [5.74, 6) is -0.198. The lowest BCUT2D eigenvalue weighted by Crippen LogP contribution is -1.98. The lowest BCUT2D eigenvalue weighted by molar-refractivity contribution is 0.307. The highest BCUT2D eigenvalue weighted by Crippen LogP contribution is 2.19. The van der Waals surface area contributed by atoms with E-state index in [-0.39, 0.29) is 5.75 Å². The molecule has 12 heavy (non-hydrogen) atoms. The molecule has 1 radical (unpaired) electrons. The molecule has 0 bridgehead atoms. The maximum atomic E-state index is 12.9. The molecule has 0 aliphatic carbocycles. The second kappa shape index (κ2) is 3.95. The number of halogens is 1. The van der Waals surface area contributed by atoms with Gasteiger partial charge in [0.2, 0.25) is 0 Å². The first-order valence-electron chi connectivity index (χ1n) is 3.71. The largest absolute Gasteiger partial charge is 0.491 e. The van der Waals surface area contributed by atoms with Crippen molar-refractivity contribution in [3.8, 4) is 5.75 Å². The van der Waals surface area contributed by atoms with Crippen molar-refractivity contribution >= 4 is 5.69 Å². The molecule has 1 aromatic carbocycles. The van der Waals surface area contributed by atoms with Gasteiger partial charge in [-0.25, -0.2) is 4.39 Å². The first-order valence-corrected chi connectivity index (χ1v) is 3.71. The van der Waals surface area contributed by atoms with E-state index in [4.69, 9.17) is 10.5 Å². The first-order chi connectivity index (χ1) is 5.74. The Kier molecular flexibility index (Phi) is 2.91. The third-order valence-electron chi connectivity index (χ3n) is 1.36. The van der Waals surface area contributed by atoms with Crippen LogP contribution in [0.5, 0.6) is 5.75 Å². The van der Waals surface area contributed by atoms with E-state index in [9.17, 15) is 4.39 Å². The molecule has 0 aliphatic rings. The van der Waals surface area contributed by atoms with Crippen LogP contribution in [-0.2, 0) is 0 Å². The molecular formula is C9H11FNO. The molecule has 65 valence electrons. The smallest absolute Gasteiger partial charge is 0.167 e. The van der Waals surface area contributed by atoms with Crippen molar-refractivity contribution in [2.75, 3.05) is 12.3 Å². The third kappa shape index (κ3) is 2.12. The minimum Gasteiger partial charge on any atom is -0.491 e. The highest BCUT2D eigenvalue weighted by Gasteiger charge is 2.01. The van der Waals surface area contributed by atoms with Crippen molar-refractivity contribution in [2.24, 2.45) is 0 Å². The average molecular weight is 168 g/mol. The summed E-state index contributed by atoms with van der Waals surface area (Å²) in [6, 6.07) is 4.35. The number of hydrogen-bond acceptors (Lipinski definition) is 2. The van der Waals surface area contributed by atoms with Gasteiger partial charge >= 0.3 is 0 Å². The van der Waals surface area contributed by atoms with Gasteiger partial charge in [-0.3, -0.25) is 0 Å². The number of ether oxygens (including phenoxy) is 1. The van der Waals surface area contributed by atoms with Crippen LogP contribution in [0.25, 0.3) is 0 Å². The predicted octanol–water partition coefficient (Wildman–Crippen LogP) is 2.01. The van der Waals surface area contributed by atoms with Crippen molar-refractivity contribution in [1.82, 2.24) is 0 Å². The van der Waals surface area contributed by atoms with Crippen molar-refractivity contribution in [3.05, 3.63) is 30.9 Å². The van der Waals surface area contributed by atoms with Gasteiger partial charge in [-0.2, -0.15) is 0 Å². The second-order valence-corrected chi connectivity index (χ2v) is 2.39.